The number of ether oxygens (including phenoxy) is 1. The molecule has 7 nitrogen and oxygen atoms in total. The molecule has 0 aromatic carbocycles. The zero-order chi connectivity index (χ0) is 10.4. The largest absolute Gasteiger partial charge is 0.479 e. The highest BCUT2D eigenvalue weighted by molar-refractivity contribution is 5.84. The molecule has 0 aliphatic carbocycles. The lowest BCUT2D eigenvalue weighted by Gasteiger charge is -2.12. The maximum Gasteiger partial charge on any atom is 0.338 e. The van der Waals surface area contributed by atoms with E-state index < -0.39 is 24.1 Å². The van der Waals surface area contributed by atoms with Crippen LogP contribution < -0.4 is 6.15 Å². The Bertz CT molecular complexity index is 195. The van der Waals surface area contributed by atoms with Gasteiger partial charge in [0.25, 0.3) is 0 Å². The summed E-state index contributed by atoms with van der Waals surface area (Å²) in [5, 5.41) is 25.8. The Kier molecular flexibility index (Phi) is 7.92. The van der Waals surface area contributed by atoms with Gasteiger partial charge in [-0.15, -0.1) is 0 Å². The number of carboxylic acids is 1. The molecule has 0 radical (unpaired) electrons. The normalized spacial score (nSPS) is 13.6. The molecule has 0 aliphatic rings. The molecule has 0 rings (SSSR count). The van der Waals surface area contributed by atoms with Crippen LogP contribution >= 0.6 is 0 Å². The van der Waals surface area contributed by atoms with Crippen molar-refractivity contribution in [2.24, 2.45) is 0 Å². The monoisotopic (exact) mass is 209 g/mol. The molecule has 0 saturated carbocycles. The molecule has 2 atom stereocenters. The Morgan fingerprint density at radius 2 is 1.79 bits per heavy atom. The van der Waals surface area contributed by atoms with Gasteiger partial charge < -0.3 is 26.2 Å². The van der Waals surface area contributed by atoms with E-state index in [1.807, 2.05) is 0 Å². The molecule has 0 spiro atoms. The van der Waals surface area contributed by atoms with E-state index in [4.69, 9.17) is 15.3 Å². The number of carbonyl (C=O) groups is 2. The highest BCUT2D eigenvalue weighted by atomic mass is 16.5. The molecule has 6 N–H and O–H groups in total. The van der Waals surface area contributed by atoms with Gasteiger partial charge >= 0.3 is 11.9 Å². The lowest BCUT2D eigenvalue weighted by Crippen LogP contribution is -2.40. The van der Waals surface area contributed by atoms with Crippen molar-refractivity contribution in [2.75, 3.05) is 6.61 Å². The molecule has 84 valence electrons. The van der Waals surface area contributed by atoms with Crippen LogP contribution in [-0.2, 0) is 14.3 Å². The Morgan fingerprint density at radius 1 is 1.29 bits per heavy atom. The second-order valence-corrected chi connectivity index (χ2v) is 2.40. The number of aliphatic hydroxyl groups excluding tert-OH is 2. The second kappa shape index (κ2) is 7.25. The zero-order valence-electron chi connectivity index (χ0n) is 7.84. The van der Waals surface area contributed by atoms with Gasteiger partial charge in [-0.25, -0.2) is 9.59 Å². The maximum atomic E-state index is 10.8. The van der Waals surface area contributed by atoms with E-state index >= 15 is 0 Å². The minimum absolute atomic E-state index is 0. The zero-order valence-corrected chi connectivity index (χ0v) is 7.84. The first-order chi connectivity index (χ1) is 6.00. The van der Waals surface area contributed by atoms with Crippen LogP contribution in [0.25, 0.3) is 0 Å². The number of hydrogen-bond acceptors (Lipinski definition) is 6. The molecule has 2 unspecified atom stereocenters. The van der Waals surface area contributed by atoms with E-state index in [0.717, 1.165) is 0 Å². The second-order valence-electron chi connectivity index (χ2n) is 2.40. The van der Waals surface area contributed by atoms with Crippen molar-refractivity contribution in [2.45, 2.75) is 25.6 Å². The van der Waals surface area contributed by atoms with Gasteiger partial charge in [0, 0.05) is 0 Å². The summed E-state index contributed by atoms with van der Waals surface area (Å²) < 4.78 is 4.41. The first-order valence-corrected chi connectivity index (χ1v) is 3.76. The van der Waals surface area contributed by atoms with Crippen molar-refractivity contribution in [1.82, 2.24) is 6.15 Å². The molecule has 0 amide bonds. The summed E-state index contributed by atoms with van der Waals surface area (Å²) >= 11 is 0. The molecule has 0 aromatic heterocycles. The van der Waals surface area contributed by atoms with Gasteiger partial charge in [-0.3, -0.25) is 0 Å². The van der Waals surface area contributed by atoms with E-state index in [1.165, 1.54) is 0 Å². The quantitative estimate of drug-likeness (QED) is 0.422. The third kappa shape index (κ3) is 4.75. The lowest BCUT2D eigenvalue weighted by atomic mass is 10.2. The highest BCUT2D eigenvalue weighted by Crippen LogP contribution is 1.97. The van der Waals surface area contributed by atoms with Crippen molar-refractivity contribution < 1.29 is 29.6 Å². The van der Waals surface area contributed by atoms with E-state index in [0.29, 0.717) is 6.42 Å². The minimum atomic E-state index is -2.13. The molecule has 0 fully saturated rings. The lowest BCUT2D eigenvalue weighted by molar-refractivity contribution is -0.169. The number of esters is 1. The van der Waals surface area contributed by atoms with Crippen LogP contribution in [0.1, 0.15) is 13.3 Å². The van der Waals surface area contributed by atoms with Crippen molar-refractivity contribution in [3.63, 3.8) is 0 Å². The van der Waals surface area contributed by atoms with Gasteiger partial charge in [0.05, 0.1) is 6.61 Å². The predicted molar refractivity (Wildman–Crippen MR) is 45.9 cm³/mol. The first-order valence-electron chi connectivity index (χ1n) is 3.76. The van der Waals surface area contributed by atoms with Crippen LogP contribution in [0.2, 0.25) is 0 Å². The minimum Gasteiger partial charge on any atom is -0.479 e. The van der Waals surface area contributed by atoms with Crippen LogP contribution in [0.3, 0.4) is 0 Å². The van der Waals surface area contributed by atoms with Crippen LogP contribution in [0, 0.1) is 0 Å². The molecular formula is C7H15NO6. The molecule has 0 heterocycles. The van der Waals surface area contributed by atoms with E-state index in [2.05, 4.69) is 4.74 Å². The first kappa shape index (κ1) is 15.3. The Balaban J connectivity index is 0. The number of rotatable bonds is 5. The molecule has 7 heteroatoms. The third-order valence-electron chi connectivity index (χ3n) is 1.24. The standard InChI is InChI=1S/C7H12O6.H3N/c1-2-3-13-7(12)5(9)4(8)6(10)11;/h4-5,8-9H,2-3H2,1H3,(H,10,11);1H3. The van der Waals surface area contributed by atoms with Gasteiger partial charge in [-0.2, -0.15) is 0 Å². The van der Waals surface area contributed by atoms with E-state index in [-0.39, 0.29) is 12.8 Å². The van der Waals surface area contributed by atoms with Crippen molar-refractivity contribution >= 4 is 11.9 Å². The fourth-order valence-electron chi connectivity index (χ4n) is 0.552. The topological polar surface area (TPSA) is 139 Å². The number of carboxylic acid groups (broad SMARTS) is 1. The molecule has 14 heavy (non-hydrogen) atoms. The SMILES string of the molecule is CCCOC(=O)C(O)C(O)C(=O)O.N. The summed E-state index contributed by atoms with van der Waals surface area (Å²) in [5.74, 6) is -2.79. The van der Waals surface area contributed by atoms with Crippen LogP contribution in [-0.4, -0.2) is 46.1 Å². The molecule has 0 saturated heterocycles. The summed E-state index contributed by atoms with van der Waals surface area (Å²) in [7, 11) is 0. The Morgan fingerprint density at radius 3 is 2.14 bits per heavy atom. The molecule has 0 bridgehead atoms. The van der Waals surface area contributed by atoms with Crippen LogP contribution in [0.15, 0.2) is 0 Å². The average molecular weight is 209 g/mol. The van der Waals surface area contributed by atoms with Crippen molar-refractivity contribution in [3.05, 3.63) is 0 Å². The number of carbonyl (C=O) groups excluding carboxylic acids is 1. The summed E-state index contributed by atoms with van der Waals surface area (Å²) in [4.78, 5) is 20.9. The Labute approximate surface area is 80.9 Å². The molecule has 0 aliphatic heterocycles. The maximum absolute atomic E-state index is 10.8. The number of hydrogen-bond donors (Lipinski definition) is 4. The molecule has 0 aromatic rings. The number of aliphatic carboxylic acids is 1. The number of aliphatic hydroxyl groups is 2. The van der Waals surface area contributed by atoms with Crippen molar-refractivity contribution in [3.8, 4) is 0 Å². The fourth-order valence-corrected chi connectivity index (χ4v) is 0.552. The summed E-state index contributed by atoms with van der Waals surface area (Å²) in [6.07, 6.45) is -3.60. The van der Waals surface area contributed by atoms with Gasteiger partial charge in [-0.1, -0.05) is 6.92 Å². The Hall–Kier alpha value is -1.18. The highest BCUT2D eigenvalue weighted by Gasteiger charge is 2.31. The third-order valence-corrected chi connectivity index (χ3v) is 1.24. The summed E-state index contributed by atoms with van der Waals surface area (Å²) in [5.41, 5.74) is 0. The predicted octanol–water partition coefficient (Wildman–Crippen LogP) is -1.09. The van der Waals surface area contributed by atoms with Gasteiger partial charge in [0.2, 0.25) is 0 Å². The molecular weight excluding hydrogens is 194 g/mol. The van der Waals surface area contributed by atoms with Gasteiger partial charge in [-0.05, 0) is 6.42 Å². The fraction of sp³-hybridized carbons (Fsp3) is 0.714. The van der Waals surface area contributed by atoms with Crippen LogP contribution in [0.5, 0.6) is 0 Å². The summed E-state index contributed by atoms with van der Waals surface area (Å²) in [6, 6.07) is 0. The van der Waals surface area contributed by atoms with E-state index in [9.17, 15) is 9.59 Å². The van der Waals surface area contributed by atoms with Crippen molar-refractivity contribution in [1.29, 1.82) is 0 Å². The smallest absolute Gasteiger partial charge is 0.338 e. The van der Waals surface area contributed by atoms with Crippen LogP contribution in [0.4, 0.5) is 0 Å². The summed E-state index contributed by atoms with van der Waals surface area (Å²) in [6.45, 7) is 1.83. The average Bonchev–Trinajstić information content (AvgIpc) is 2.11. The van der Waals surface area contributed by atoms with Gasteiger partial charge in [0.15, 0.2) is 12.2 Å². The van der Waals surface area contributed by atoms with Gasteiger partial charge in [0.1, 0.15) is 0 Å². The van der Waals surface area contributed by atoms with E-state index in [1.54, 1.807) is 6.92 Å².